The van der Waals surface area contributed by atoms with Crippen LogP contribution in [0, 0.1) is 5.92 Å². The molecule has 0 aromatic heterocycles. The van der Waals surface area contributed by atoms with E-state index in [0.717, 1.165) is 13.2 Å². The molecule has 96 valence electrons. The molecule has 0 amide bonds. The van der Waals surface area contributed by atoms with Crippen molar-refractivity contribution in [1.82, 2.24) is 4.90 Å². The molecule has 0 radical (unpaired) electrons. The van der Waals surface area contributed by atoms with Crippen LogP contribution >= 0.6 is 12.2 Å². The highest BCUT2D eigenvalue weighted by molar-refractivity contribution is 7.78. The number of hydrogen-bond donors (Lipinski definition) is 0. The zero-order valence-corrected chi connectivity index (χ0v) is 12.8. The summed E-state index contributed by atoms with van der Waals surface area (Å²) in [4.78, 5) is 7.01. The van der Waals surface area contributed by atoms with Crippen LogP contribution in [0.25, 0.3) is 0 Å². The Kier molecular flexibility index (Phi) is 3.85. The van der Waals surface area contributed by atoms with E-state index >= 15 is 0 Å². The van der Waals surface area contributed by atoms with Gasteiger partial charge in [0.25, 0.3) is 0 Å². The average molecular weight is 270 g/mol. The molecule has 3 aliphatic heterocycles. The van der Waals surface area contributed by atoms with Gasteiger partial charge in [0.2, 0.25) is 0 Å². The highest BCUT2D eigenvalue weighted by Gasteiger charge is 2.47. The van der Waals surface area contributed by atoms with E-state index in [0.29, 0.717) is 5.92 Å². The molecule has 2 bridgehead atoms. The number of thiocarbonyl (C=S) groups is 1. The third-order valence-electron chi connectivity index (χ3n) is 3.87. The summed E-state index contributed by atoms with van der Waals surface area (Å²) in [5.74, 6) is 0.638. The second-order valence-electron chi connectivity index (χ2n) is 6.26. The quantitative estimate of drug-likeness (QED) is 0.445. The minimum atomic E-state index is -1.49. The molecule has 3 fully saturated rings. The zero-order valence-electron chi connectivity index (χ0n) is 11.0. The summed E-state index contributed by atoms with van der Waals surface area (Å²) in [5, 5.41) is 2.62. The summed E-state index contributed by atoms with van der Waals surface area (Å²) >= 11 is 4.85. The van der Waals surface area contributed by atoms with Crippen LogP contribution in [0.2, 0.25) is 19.6 Å². The number of nitrogens with zero attached hydrogens (tertiary/aromatic N) is 2. The highest BCUT2D eigenvalue weighted by atomic mass is 32.1. The Morgan fingerprint density at radius 2 is 2.06 bits per heavy atom. The molecule has 3 saturated heterocycles. The molecular formula is C12H22N2OSSi. The first kappa shape index (κ1) is 13.4. The Hall–Kier alpha value is -0.0631. The molecule has 5 heteroatoms. The Balaban J connectivity index is 2.13. The van der Waals surface area contributed by atoms with Crippen molar-refractivity contribution < 1.29 is 4.43 Å². The van der Waals surface area contributed by atoms with E-state index < -0.39 is 8.32 Å². The second-order valence-corrected chi connectivity index (χ2v) is 11.0. The van der Waals surface area contributed by atoms with Gasteiger partial charge in [-0.25, -0.2) is 4.99 Å². The van der Waals surface area contributed by atoms with E-state index in [4.69, 9.17) is 16.6 Å². The van der Waals surface area contributed by atoms with E-state index in [1.165, 1.54) is 25.9 Å². The molecule has 0 spiro atoms. The van der Waals surface area contributed by atoms with E-state index in [1.807, 2.05) is 0 Å². The number of isothiocyanates is 1. The van der Waals surface area contributed by atoms with Crippen LogP contribution in [0.15, 0.2) is 4.99 Å². The van der Waals surface area contributed by atoms with Gasteiger partial charge in [0, 0.05) is 6.54 Å². The molecule has 3 nitrogen and oxygen atoms in total. The van der Waals surface area contributed by atoms with Gasteiger partial charge in [0.1, 0.15) is 5.54 Å². The molecular weight excluding hydrogens is 248 g/mol. The fraction of sp³-hybridized carbons (Fsp3) is 0.917. The monoisotopic (exact) mass is 270 g/mol. The Labute approximate surface area is 110 Å². The van der Waals surface area contributed by atoms with Gasteiger partial charge in [-0.05, 0) is 63.7 Å². The highest BCUT2D eigenvalue weighted by Crippen LogP contribution is 2.38. The number of piperidine rings is 3. The lowest BCUT2D eigenvalue weighted by molar-refractivity contribution is 0.00347. The van der Waals surface area contributed by atoms with Gasteiger partial charge in [0.15, 0.2) is 8.32 Å². The van der Waals surface area contributed by atoms with Crippen LogP contribution < -0.4 is 0 Å². The van der Waals surface area contributed by atoms with Gasteiger partial charge >= 0.3 is 0 Å². The Morgan fingerprint density at radius 3 is 2.47 bits per heavy atom. The fourth-order valence-corrected chi connectivity index (χ4v) is 3.76. The number of aliphatic imine (C=N–C) groups is 1. The molecule has 3 aliphatic rings. The van der Waals surface area contributed by atoms with Crippen molar-refractivity contribution in [3.05, 3.63) is 0 Å². The predicted molar refractivity (Wildman–Crippen MR) is 76.2 cm³/mol. The Bertz CT molecular complexity index is 330. The standard InChI is InChI=1S/C12H22N2OSSi/c1-17(2,3)15-9-12(13-10-16)8-14-6-4-11(12)5-7-14/h11H,4-9H2,1-3H3. The van der Waals surface area contributed by atoms with Gasteiger partial charge in [-0.15, -0.1) is 0 Å². The molecule has 17 heavy (non-hydrogen) atoms. The number of rotatable bonds is 4. The van der Waals surface area contributed by atoms with Crippen LogP contribution in [0.1, 0.15) is 12.8 Å². The SMILES string of the molecule is C[Si](C)(C)OCC1(N=C=S)CN2CCC1CC2. The zero-order chi connectivity index (χ0) is 12.5. The third-order valence-corrected chi connectivity index (χ3v) is 4.97. The van der Waals surface area contributed by atoms with Crippen molar-refractivity contribution in [3.8, 4) is 0 Å². The van der Waals surface area contributed by atoms with E-state index in [2.05, 4.69) is 34.7 Å². The molecule has 0 aromatic carbocycles. The smallest absolute Gasteiger partial charge is 0.183 e. The minimum Gasteiger partial charge on any atom is -0.415 e. The first-order valence-electron chi connectivity index (χ1n) is 6.41. The largest absolute Gasteiger partial charge is 0.415 e. The van der Waals surface area contributed by atoms with Crippen LogP contribution in [0.5, 0.6) is 0 Å². The lowest BCUT2D eigenvalue weighted by Crippen LogP contribution is -2.60. The first-order valence-corrected chi connectivity index (χ1v) is 10.2. The maximum Gasteiger partial charge on any atom is 0.183 e. The summed E-state index contributed by atoms with van der Waals surface area (Å²) in [6.45, 7) is 10.8. The molecule has 3 rings (SSSR count). The van der Waals surface area contributed by atoms with Gasteiger partial charge in [0.05, 0.1) is 11.8 Å². The van der Waals surface area contributed by atoms with E-state index in [9.17, 15) is 0 Å². The minimum absolute atomic E-state index is 0.0987. The molecule has 1 unspecified atom stereocenters. The van der Waals surface area contributed by atoms with Gasteiger partial charge in [-0.3, -0.25) is 0 Å². The van der Waals surface area contributed by atoms with Crippen molar-refractivity contribution in [2.45, 2.75) is 38.0 Å². The van der Waals surface area contributed by atoms with Crippen molar-refractivity contribution in [1.29, 1.82) is 0 Å². The summed E-state index contributed by atoms with van der Waals surface area (Å²) in [6.07, 6.45) is 2.46. The molecule has 0 aromatic rings. The molecule has 0 aliphatic carbocycles. The second kappa shape index (κ2) is 4.90. The van der Waals surface area contributed by atoms with Crippen LogP contribution in [0.4, 0.5) is 0 Å². The van der Waals surface area contributed by atoms with E-state index in [1.54, 1.807) is 0 Å². The lowest BCUT2D eigenvalue weighted by Gasteiger charge is -2.51. The normalized spacial score (nSPS) is 36.6. The lowest BCUT2D eigenvalue weighted by atomic mass is 9.74. The molecule has 1 atom stereocenters. The molecule has 0 saturated carbocycles. The summed E-state index contributed by atoms with van der Waals surface area (Å²) in [7, 11) is -1.49. The molecule has 3 heterocycles. The number of hydrogen-bond acceptors (Lipinski definition) is 4. The van der Waals surface area contributed by atoms with Crippen molar-refractivity contribution in [2.24, 2.45) is 10.9 Å². The molecule has 0 N–H and O–H groups in total. The van der Waals surface area contributed by atoms with Gasteiger partial charge in [-0.2, -0.15) is 0 Å². The van der Waals surface area contributed by atoms with Crippen molar-refractivity contribution in [2.75, 3.05) is 26.2 Å². The summed E-state index contributed by atoms with van der Waals surface area (Å²) in [6, 6.07) is 0. The van der Waals surface area contributed by atoms with Crippen molar-refractivity contribution in [3.63, 3.8) is 0 Å². The third kappa shape index (κ3) is 3.03. The van der Waals surface area contributed by atoms with E-state index in [-0.39, 0.29) is 5.54 Å². The Morgan fingerprint density at radius 1 is 1.41 bits per heavy atom. The predicted octanol–water partition coefficient (Wildman–Crippen LogP) is 2.41. The fourth-order valence-electron chi connectivity index (χ4n) is 2.90. The van der Waals surface area contributed by atoms with Gasteiger partial charge in [-0.1, -0.05) is 0 Å². The van der Waals surface area contributed by atoms with Gasteiger partial charge < -0.3 is 9.33 Å². The van der Waals surface area contributed by atoms with Crippen LogP contribution in [-0.2, 0) is 4.43 Å². The van der Waals surface area contributed by atoms with Crippen molar-refractivity contribution >= 4 is 25.7 Å². The maximum atomic E-state index is 6.11. The first-order chi connectivity index (χ1) is 7.95. The summed E-state index contributed by atoms with van der Waals surface area (Å²) in [5.41, 5.74) is -0.0987. The summed E-state index contributed by atoms with van der Waals surface area (Å²) < 4.78 is 6.11. The van der Waals surface area contributed by atoms with Crippen LogP contribution in [0.3, 0.4) is 0 Å². The topological polar surface area (TPSA) is 24.8 Å². The number of fused-ring (bicyclic) bond motifs is 3. The maximum absolute atomic E-state index is 6.11. The van der Waals surface area contributed by atoms with Crippen LogP contribution in [-0.4, -0.2) is 50.2 Å². The average Bonchev–Trinajstić information content (AvgIpc) is 2.28.